The zero-order chi connectivity index (χ0) is 26.4. The van der Waals surface area contributed by atoms with E-state index in [9.17, 15) is 8.42 Å². The lowest BCUT2D eigenvalue weighted by atomic mass is 9.50. The van der Waals surface area contributed by atoms with Gasteiger partial charge < -0.3 is 0 Å². The fourth-order valence-electron chi connectivity index (χ4n) is 9.12. The topological polar surface area (TPSA) is 43.4 Å². The highest BCUT2D eigenvalue weighted by molar-refractivity contribution is 7.86. The molecule has 0 aromatic heterocycles. The van der Waals surface area contributed by atoms with Crippen molar-refractivity contribution in [2.75, 3.05) is 0 Å². The predicted molar refractivity (Wildman–Crippen MR) is 152 cm³/mol. The molecule has 0 aliphatic heterocycles. The van der Waals surface area contributed by atoms with E-state index < -0.39 is 10.1 Å². The molecule has 8 atom stereocenters. The second-order valence-corrected chi connectivity index (χ2v) is 15.4. The van der Waals surface area contributed by atoms with Gasteiger partial charge >= 0.3 is 0 Å². The summed E-state index contributed by atoms with van der Waals surface area (Å²) in [5.41, 5.74) is 2.76. The molecule has 0 saturated heterocycles. The summed E-state index contributed by atoms with van der Waals surface area (Å²) in [6, 6.07) is 7.02. The van der Waals surface area contributed by atoms with Crippen LogP contribution in [0.2, 0.25) is 0 Å². The van der Waals surface area contributed by atoms with Crippen LogP contribution in [0.4, 0.5) is 0 Å². The lowest BCUT2D eigenvalue weighted by Crippen LogP contribution is -2.48. The minimum atomic E-state index is -3.72. The van der Waals surface area contributed by atoms with E-state index in [-0.39, 0.29) is 16.4 Å². The zero-order valence-electron chi connectivity index (χ0n) is 23.9. The lowest BCUT2D eigenvalue weighted by molar-refractivity contribution is -0.0115. The number of rotatable bonds is 8. The molecule has 1 aromatic carbocycles. The Morgan fingerprint density at radius 3 is 2.41 bits per heavy atom. The molecular formula is C33H50O3S. The second-order valence-electron chi connectivity index (χ2n) is 13.8. The van der Waals surface area contributed by atoms with Crippen LogP contribution in [0.3, 0.4) is 0 Å². The summed E-state index contributed by atoms with van der Waals surface area (Å²) in [5.74, 6) is 6.07. The predicted octanol–water partition coefficient (Wildman–Crippen LogP) is 8.72. The molecule has 0 heterocycles. The Morgan fingerprint density at radius 2 is 1.68 bits per heavy atom. The molecule has 4 aliphatic rings. The molecule has 0 radical (unpaired) electrons. The Kier molecular flexibility index (Phi) is 8.01. The minimum Gasteiger partial charge on any atom is -0.263 e. The minimum absolute atomic E-state index is 0.225. The second kappa shape index (κ2) is 10.8. The van der Waals surface area contributed by atoms with Crippen LogP contribution in [0.25, 0.3) is 0 Å². The third kappa shape index (κ3) is 5.49. The normalized spacial score (nSPS) is 36.4. The Bertz CT molecular complexity index is 1070. The van der Waals surface area contributed by atoms with E-state index in [4.69, 9.17) is 4.18 Å². The molecule has 0 spiro atoms. The Hall–Kier alpha value is -1.13. The first-order valence-corrected chi connectivity index (χ1v) is 16.7. The molecule has 4 heteroatoms. The number of aryl methyl sites for hydroxylation is 1. The molecule has 5 rings (SSSR count). The van der Waals surface area contributed by atoms with Crippen molar-refractivity contribution in [1.29, 1.82) is 0 Å². The van der Waals surface area contributed by atoms with Crippen LogP contribution >= 0.6 is 0 Å². The van der Waals surface area contributed by atoms with E-state index in [1.165, 1.54) is 56.9 Å². The molecule has 4 aliphatic carbocycles. The van der Waals surface area contributed by atoms with Gasteiger partial charge in [0.05, 0.1) is 11.0 Å². The number of hydrogen-bond acceptors (Lipinski definition) is 3. The maximum Gasteiger partial charge on any atom is 0.297 e. The van der Waals surface area contributed by atoms with Crippen LogP contribution in [-0.2, 0) is 14.3 Å². The highest BCUT2D eigenvalue weighted by atomic mass is 32.2. The third-order valence-corrected chi connectivity index (χ3v) is 12.6. The van der Waals surface area contributed by atoms with Gasteiger partial charge in [-0.3, -0.25) is 4.18 Å². The van der Waals surface area contributed by atoms with Crippen molar-refractivity contribution in [3.8, 4) is 0 Å². The average molecular weight is 527 g/mol. The van der Waals surface area contributed by atoms with Crippen molar-refractivity contribution in [2.45, 2.75) is 116 Å². The monoisotopic (exact) mass is 526 g/mol. The Labute approximate surface area is 227 Å². The van der Waals surface area contributed by atoms with Crippen LogP contribution in [0, 0.1) is 53.8 Å². The van der Waals surface area contributed by atoms with E-state index in [2.05, 4.69) is 33.8 Å². The molecule has 3 saturated carbocycles. The summed E-state index contributed by atoms with van der Waals surface area (Å²) >= 11 is 0. The first-order chi connectivity index (χ1) is 17.6. The molecule has 206 valence electrons. The summed E-state index contributed by atoms with van der Waals surface area (Å²) in [6.45, 7) is 11.7. The highest BCUT2D eigenvalue weighted by Gasteiger charge is 2.54. The van der Waals surface area contributed by atoms with Crippen LogP contribution in [0.1, 0.15) is 104 Å². The quantitative estimate of drug-likeness (QED) is 0.251. The van der Waals surface area contributed by atoms with Gasteiger partial charge in [0.15, 0.2) is 0 Å². The molecular weight excluding hydrogens is 476 g/mol. The van der Waals surface area contributed by atoms with Crippen molar-refractivity contribution in [3.63, 3.8) is 0 Å². The van der Waals surface area contributed by atoms with Gasteiger partial charge in [-0.25, -0.2) is 0 Å². The lowest BCUT2D eigenvalue weighted by Gasteiger charge is -2.55. The molecule has 0 N–H and O–H groups in total. The maximum atomic E-state index is 12.9. The number of benzene rings is 1. The van der Waals surface area contributed by atoms with E-state index >= 15 is 0 Å². The van der Waals surface area contributed by atoms with Crippen LogP contribution in [0.15, 0.2) is 40.8 Å². The van der Waals surface area contributed by atoms with Gasteiger partial charge in [-0.1, -0.05) is 76.3 Å². The molecule has 0 bridgehead atoms. The summed E-state index contributed by atoms with van der Waals surface area (Å²) in [6.07, 6.45) is 16.0. The van der Waals surface area contributed by atoms with Gasteiger partial charge in [0.1, 0.15) is 0 Å². The number of hydrogen-bond donors (Lipinski definition) is 0. The number of fused-ring (bicyclic) bond motifs is 5. The van der Waals surface area contributed by atoms with Crippen LogP contribution in [0.5, 0.6) is 0 Å². The van der Waals surface area contributed by atoms with E-state index in [0.29, 0.717) is 0 Å². The fraction of sp³-hybridized carbons (Fsp3) is 0.758. The van der Waals surface area contributed by atoms with Crippen molar-refractivity contribution in [3.05, 3.63) is 41.5 Å². The third-order valence-electron chi connectivity index (χ3n) is 11.2. The van der Waals surface area contributed by atoms with E-state index in [0.717, 1.165) is 66.3 Å². The van der Waals surface area contributed by atoms with Gasteiger partial charge in [0.2, 0.25) is 0 Å². The first kappa shape index (κ1) is 27.4. The Balaban J connectivity index is 1.24. The number of allylic oxidation sites excluding steroid dienone is 1. The molecule has 1 aromatic rings. The van der Waals surface area contributed by atoms with Crippen molar-refractivity contribution < 1.29 is 12.6 Å². The van der Waals surface area contributed by atoms with Crippen LogP contribution in [-0.4, -0.2) is 14.5 Å². The highest BCUT2D eigenvalue weighted by Crippen LogP contribution is 2.63. The van der Waals surface area contributed by atoms with Crippen LogP contribution < -0.4 is 0 Å². The van der Waals surface area contributed by atoms with Gasteiger partial charge in [-0.05, 0) is 117 Å². The summed E-state index contributed by atoms with van der Waals surface area (Å²) in [7, 11) is -3.72. The summed E-state index contributed by atoms with van der Waals surface area (Å²) in [4.78, 5) is 0.275. The molecule has 2 unspecified atom stereocenters. The van der Waals surface area contributed by atoms with Gasteiger partial charge in [-0.15, -0.1) is 0 Å². The maximum absolute atomic E-state index is 12.9. The summed E-state index contributed by atoms with van der Waals surface area (Å²) < 4.78 is 31.7. The van der Waals surface area contributed by atoms with Gasteiger partial charge in [0.25, 0.3) is 10.1 Å². The standard InChI is InChI=1S/C33H50O3S/c1-22(2)7-6-8-24(4)28-15-16-30-29(28)17-18-32-31(30)14-11-25-21-26(19-20-33(25,32)5)36-37(34,35)27-12-9-23(3)10-13-27/h9-13,22,24,26,28-32H,6-8,14-21H2,1-5H3/t24-,26+,28-,29-,30?,31+,32?,33+/m1/s1. The Morgan fingerprint density at radius 1 is 0.946 bits per heavy atom. The van der Waals surface area contributed by atoms with Gasteiger partial charge in [-0.2, -0.15) is 8.42 Å². The smallest absolute Gasteiger partial charge is 0.263 e. The van der Waals surface area contributed by atoms with Crippen molar-refractivity contribution in [2.24, 2.45) is 46.8 Å². The SMILES string of the molecule is Cc1ccc(S(=O)(=O)O[C@H]2CC[C@@]3(C)C(=CC[C@H]4C5CC[C@H]([C@H](C)CCCC(C)C)[C@H]5CCC43)C2)cc1. The summed E-state index contributed by atoms with van der Waals surface area (Å²) in [5, 5.41) is 0. The fourth-order valence-corrected chi connectivity index (χ4v) is 10.2. The van der Waals surface area contributed by atoms with E-state index in [1.807, 2.05) is 19.1 Å². The van der Waals surface area contributed by atoms with E-state index in [1.54, 1.807) is 12.1 Å². The first-order valence-electron chi connectivity index (χ1n) is 15.3. The van der Waals surface area contributed by atoms with Crippen molar-refractivity contribution >= 4 is 10.1 Å². The molecule has 37 heavy (non-hydrogen) atoms. The zero-order valence-corrected chi connectivity index (χ0v) is 24.7. The largest absolute Gasteiger partial charge is 0.297 e. The van der Waals surface area contributed by atoms with Gasteiger partial charge in [0, 0.05) is 0 Å². The van der Waals surface area contributed by atoms with Crippen molar-refractivity contribution in [1.82, 2.24) is 0 Å². The molecule has 3 nitrogen and oxygen atoms in total. The average Bonchev–Trinajstić information content (AvgIpc) is 3.29. The molecule has 3 fully saturated rings. The molecule has 0 amide bonds.